The molecular formula is C14H11BrN4O2. The molecule has 1 aromatic heterocycles. The number of carboxylic acids is 1. The van der Waals surface area contributed by atoms with Crippen LogP contribution in [0.25, 0.3) is 0 Å². The van der Waals surface area contributed by atoms with Gasteiger partial charge in [0.15, 0.2) is 5.82 Å². The van der Waals surface area contributed by atoms with Crippen molar-refractivity contribution in [2.24, 2.45) is 0 Å². The lowest BCUT2D eigenvalue weighted by Crippen LogP contribution is -2.05. The van der Waals surface area contributed by atoms with Gasteiger partial charge in [0.1, 0.15) is 11.6 Å². The molecule has 0 spiro atoms. The third kappa shape index (κ3) is 3.01. The summed E-state index contributed by atoms with van der Waals surface area (Å²) < 4.78 is 0.479. The fraction of sp³-hybridized carbons (Fsp3) is 0.143. The summed E-state index contributed by atoms with van der Waals surface area (Å²) in [6, 6.07) is 6.85. The summed E-state index contributed by atoms with van der Waals surface area (Å²) in [6.45, 7) is 3.56. The van der Waals surface area contributed by atoms with E-state index in [9.17, 15) is 10.1 Å². The fourth-order valence-electron chi connectivity index (χ4n) is 1.74. The third-order valence-electron chi connectivity index (χ3n) is 3.03. The number of hydrogen-bond donors (Lipinski definition) is 2. The standard InChI is InChI=1S/C14H11BrN4O2/c1-7-8(2)18-19-13(11(7)6-16)17-9-3-4-12(15)10(5-9)14(20)21/h3-5H,1-2H3,(H,17,19)(H,20,21). The van der Waals surface area contributed by atoms with Crippen LogP contribution in [0.3, 0.4) is 0 Å². The van der Waals surface area contributed by atoms with Gasteiger partial charge in [0.25, 0.3) is 0 Å². The average molecular weight is 347 g/mol. The number of aromatic nitrogens is 2. The zero-order valence-corrected chi connectivity index (χ0v) is 12.9. The third-order valence-corrected chi connectivity index (χ3v) is 3.72. The number of hydrogen-bond acceptors (Lipinski definition) is 5. The number of anilines is 2. The van der Waals surface area contributed by atoms with Gasteiger partial charge in [-0.1, -0.05) is 0 Å². The summed E-state index contributed by atoms with van der Waals surface area (Å²) in [5.41, 5.74) is 2.45. The predicted octanol–water partition coefficient (Wildman–Crippen LogP) is 3.17. The van der Waals surface area contributed by atoms with Crippen LogP contribution >= 0.6 is 15.9 Å². The van der Waals surface area contributed by atoms with Crippen molar-refractivity contribution >= 4 is 33.4 Å². The molecule has 106 valence electrons. The van der Waals surface area contributed by atoms with E-state index in [2.05, 4.69) is 37.5 Å². The van der Waals surface area contributed by atoms with Gasteiger partial charge >= 0.3 is 5.97 Å². The van der Waals surface area contributed by atoms with Crippen molar-refractivity contribution in [1.29, 1.82) is 5.26 Å². The summed E-state index contributed by atoms with van der Waals surface area (Å²) >= 11 is 3.18. The highest BCUT2D eigenvalue weighted by molar-refractivity contribution is 9.10. The van der Waals surface area contributed by atoms with E-state index < -0.39 is 5.97 Å². The summed E-state index contributed by atoms with van der Waals surface area (Å²) in [4.78, 5) is 11.1. The first kappa shape index (κ1) is 14.9. The molecule has 0 aliphatic heterocycles. The minimum atomic E-state index is -1.04. The second-order valence-corrected chi connectivity index (χ2v) is 5.22. The Kier molecular flexibility index (Phi) is 4.19. The Bertz CT molecular complexity index is 768. The number of aryl methyl sites for hydroxylation is 1. The number of halogens is 1. The quantitative estimate of drug-likeness (QED) is 0.885. The van der Waals surface area contributed by atoms with E-state index in [0.717, 1.165) is 5.56 Å². The molecule has 21 heavy (non-hydrogen) atoms. The minimum absolute atomic E-state index is 0.121. The van der Waals surface area contributed by atoms with Gasteiger partial charge in [-0.2, -0.15) is 10.4 Å². The van der Waals surface area contributed by atoms with Crippen molar-refractivity contribution in [3.05, 3.63) is 45.1 Å². The maximum atomic E-state index is 11.1. The Labute approximate surface area is 129 Å². The van der Waals surface area contributed by atoms with Crippen LogP contribution < -0.4 is 5.32 Å². The van der Waals surface area contributed by atoms with Crippen LogP contribution in [-0.4, -0.2) is 21.3 Å². The highest BCUT2D eigenvalue weighted by Crippen LogP contribution is 2.25. The fourth-order valence-corrected chi connectivity index (χ4v) is 2.15. The van der Waals surface area contributed by atoms with Crippen molar-refractivity contribution in [1.82, 2.24) is 10.2 Å². The lowest BCUT2D eigenvalue weighted by molar-refractivity contribution is 0.0696. The van der Waals surface area contributed by atoms with Gasteiger partial charge in [0, 0.05) is 10.2 Å². The largest absolute Gasteiger partial charge is 0.478 e. The van der Waals surface area contributed by atoms with Crippen LogP contribution in [-0.2, 0) is 0 Å². The van der Waals surface area contributed by atoms with Gasteiger partial charge in [-0.15, -0.1) is 5.10 Å². The highest BCUT2D eigenvalue weighted by atomic mass is 79.9. The molecule has 0 aliphatic rings. The zero-order chi connectivity index (χ0) is 15.6. The molecule has 0 atom stereocenters. The Hall–Kier alpha value is -2.46. The molecule has 1 heterocycles. The zero-order valence-electron chi connectivity index (χ0n) is 11.3. The summed E-state index contributed by atoms with van der Waals surface area (Å²) in [5.74, 6) is -0.739. The Balaban J connectivity index is 2.44. The molecule has 0 aliphatic carbocycles. The van der Waals surface area contributed by atoms with Crippen molar-refractivity contribution in [3.63, 3.8) is 0 Å². The van der Waals surface area contributed by atoms with Crippen molar-refractivity contribution < 1.29 is 9.90 Å². The molecule has 0 fully saturated rings. The second kappa shape index (κ2) is 5.89. The highest BCUT2D eigenvalue weighted by Gasteiger charge is 2.13. The SMILES string of the molecule is Cc1nnc(Nc2ccc(Br)c(C(=O)O)c2)c(C#N)c1C. The van der Waals surface area contributed by atoms with E-state index in [1.807, 2.05) is 0 Å². The topological polar surface area (TPSA) is 98.9 Å². The molecule has 2 aromatic rings. The van der Waals surface area contributed by atoms with E-state index >= 15 is 0 Å². The molecule has 1 aromatic carbocycles. The minimum Gasteiger partial charge on any atom is -0.478 e. The van der Waals surface area contributed by atoms with Gasteiger partial charge in [-0.25, -0.2) is 4.79 Å². The van der Waals surface area contributed by atoms with E-state index in [1.54, 1.807) is 26.0 Å². The number of carbonyl (C=O) groups is 1. The number of nitrogens with one attached hydrogen (secondary N) is 1. The van der Waals surface area contributed by atoms with Crippen LogP contribution in [0.2, 0.25) is 0 Å². The summed E-state index contributed by atoms with van der Waals surface area (Å²) in [5, 5.41) is 29.2. The van der Waals surface area contributed by atoms with E-state index in [0.29, 0.717) is 27.2 Å². The number of benzene rings is 1. The van der Waals surface area contributed by atoms with Crippen LogP contribution in [0.1, 0.15) is 27.2 Å². The van der Waals surface area contributed by atoms with Crippen LogP contribution in [0, 0.1) is 25.2 Å². The number of nitrogens with zero attached hydrogens (tertiary/aromatic N) is 3. The van der Waals surface area contributed by atoms with Gasteiger partial charge in [0.05, 0.1) is 11.3 Å². The van der Waals surface area contributed by atoms with Gasteiger partial charge in [-0.05, 0) is 53.5 Å². The first-order chi connectivity index (χ1) is 9.93. The number of carboxylic acid groups (broad SMARTS) is 1. The number of rotatable bonds is 3. The molecule has 0 bridgehead atoms. The first-order valence-corrected chi connectivity index (χ1v) is 6.77. The maximum Gasteiger partial charge on any atom is 0.336 e. The predicted molar refractivity (Wildman–Crippen MR) is 80.6 cm³/mol. The smallest absolute Gasteiger partial charge is 0.336 e. The van der Waals surface area contributed by atoms with Crippen LogP contribution in [0.15, 0.2) is 22.7 Å². The number of nitriles is 1. The molecule has 6 nitrogen and oxygen atoms in total. The molecular weight excluding hydrogens is 336 g/mol. The molecule has 0 amide bonds. The summed E-state index contributed by atoms with van der Waals surface area (Å²) in [6.07, 6.45) is 0. The van der Waals surface area contributed by atoms with Crippen molar-refractivity contribution in [3.8, 4) is 6.07 Å². The van der Waals surface area contributed by atoms with E-state index in [-0.39, 0.29) is 5.56 Å². The Morgan fingerprint density at radius 2 is 2.10 bits per heavy atom. The maximum absolute atomic E-state index is 11.1. The Morgan fingerprint density at radius 1 is 1.38 bits per heavy atom. The molecule has 2 rings (SSSR count). The van der Waals surface area contributed by atoms with Crippen LogP contribution in [0.4, 0.5) is 11.5 Å². The van der Waals surface area contributed by atoms with E-state index in [4.69, 9.17) is 5.11 Å². The molecule has 0 unspecified atom stereocenters. The lowest BCUT2D eigenvalue weighted by atomic mass is 10.1. The molecule has 0 saturated heterocycles. The number of aromatic carboxylic acids is 1. The molecule has 0 saturated carbocycles. The van der Waals surface area contributed by atoms with Gasteiger partial charge in [-0.3, -0.25) is 0 Å². The first-order valence-electron chi connectivity index (χ1n) is 5.98. The van der Waals surface area contributed by atoms with Crippen molar-refractivity contribution in [2.45, 2.75) is 13.8 Å². The van der Waals surface area contributed by atoms with Gasteiger partial charge in [0.2, 0.25) is 0 Å². The average Bonchev–Trinajstić information content (AvgIpc) is 2.45. The second-order valence-electron chi connectivity index (χ2n) is 4.37. The van der Waals surface area contributed by atoms with Gasteiger partial charge < -0.3 is 10.4 Å². The summed E-state index contributed by atoms with van der Waals surface area (Å²) in [7, 11) is 0. The molecule has 2 N–H and O–H groups in total. The van der Waals surface area contributed by atoms with E-state index in [1.165, 1.54) is 6.07 Å². The van der Waals surface area contributed by atoms with Crippen molar-refractivity contribution in [2.75, 3.05) is 5.32 Å². The monoisotopic (exact) mass is 346 g/mol. The Morgan fingerprint density at radius 3 is 2.71 bits per heavy atom. The molecule has 7 heteroatoms. The normalized spacial score (nSPS) is 10.0. The molecule has 0 radical (unpaired) electrons. The van der Waals surface area contributed by atoms with Crippen LogP contribution in [0.5, 0.6) is 0 Å². The lowest BCUT2D eigenvalue weighted by Gasteiger charge is -2.10.